The van der Waals surface area contributed by atoms with Crippen LogP contribution < -0.4 is 10.5 Å². The van der Waals surface area contributed by atoms with Gasteiger partial charge in [0.2, 0.25) is 0 Å². The lowest BCUT2D eigenvalue weighted by atomic mass is 9.97. The van der Waals surface area contributed by atoms with E-state index in [0.29, 0.717) is 11.6 Å². The van der Waals surface area contributed by atoms with Gasteiger partial charge in [-0.05, 0) is 50.3 Å². The van der Waals surface area contributed by atoms with Gasteiger partial charge in [-0.15, -0.1) is 0 Å². The van der Waals surface area contributed by atoms with Gasteiger partial charge in [-0.3, -0.25) is 0 Å². The van der Waals surface area contributed by atoms with E-state index >= 15 is 0 Å². The standard InChI is InChI=1S/C20H27NO/c1-14(2)9-10-19(17-12-15(3)11-16(4)13-17)22-20-8-6-5-7-18(20)21/h5-8,11-14,19H,9-10,21H2,1-4H3. The number of rotatable bonds is 6. The Morgan fingerprint density at radius 2 is 1.59 bits per heavy atom. The van der Waals surface area contributed by atoms with Crippen molar-refractivity contribution in [2.24, 2.45) is 5.92 Å². The summed E-state index contributed by atoms with van der Waals surface area (Å²) in [6.45, 7) is 8.75. The third-order valence-corrected chi connectivity index (χ3v) is 3.81. The molecular formula is C20H27NO. The molecule has 2 N–H and O–H groups in total. The highest BCUT2D eigenvalue weighted by molar-refractivity contribution is 5.52. The molecule has 2 aromatic carbocycles. The van der Waals surface area contributed by atoms with Gasteiger partial charge in [-0.1, -0.05) is 55.3 Å². The highest BCUT2D eigenvalue weighted by Crippen LogP contribution is 2.31. The Kier molecular flexibility index (Phi) is 5.48. The smallest absolute Gasteiger partial charge is 0.143 e. The number of nitrogens with two attached hydrogens (primary N) is 1. The molecule has 0 heterocycles. The summed E-state index contributed by atoms with van der Waals surface area (Å²) in [7, 11) is 0. The van der Waals surface area contributed by atoms with Crippen LogP contribution in [0.2, 0.25) is 0 Å². The predicted molar refractivity (Wildman–Crippen MR) is 94.2 cm³/mol. The van der Waals surface area contributed by atoms with Crippen molar-refractivity contribution >= 4 is 5.69 Å². The van der Waals surface area contributed by atoms with Crippen LogP contribution in [0.4, 0.5) is 5.69 Å². The molecule has 0 aromatic heterocycles. The van der Waals surface area contributed by atoms with Crippen LogP contribution in [-0.4, -0.2) is 0 Å². The van der Waals surface area contributed by atoms with Gasteiger partial charge < -0.3 is 10.5 Å². The summed E-state index contributed by atoms with van der Waals surface area (Å²) in [5.74, 6) is 1.43. The van der Waals surface area contributed by atoms with Crippen LogP contribution >= 0.6 is 0 Å². The van der Waals surface area contributed by atoms with E-state index in [4.69, 9.17) is 10.5 Å². The monoisotopic (exact) mass is 297 g/mol. The molecule has 0 aliphatic carbocycles. The van der Waals surface area contributed by atoms with Gasteiger partial charge in [-0.25, -0.2) is 0 Å². The first-order valence-corrected chi connectivity index (χ1v) is 8.05. The number of benzene rings is 2. The van der Waals surface area contributed by atoms with Crippen molar-refractivity contribution in [1.82, 2.24) is 0 Å². The predicted octanol–water partition coefficient (Wildman–Crippen LogP) is 5.44. The molecule has 0 radical (unpaired) electrons. The molecule has 22 heavy (non-hydrogen) atoms. The Morgan fingerprint density at radius 1 is 0.955 bits per heavy atom. The lowest BCUT2D eigenvalue weighted by Gasteiger charge is -2.22. The zero-order valence-electron chi connectivity index (χ0n) is 14.1. The summed E-state index contributed by atoms with van der Waals surface area (Å²) in [4.78, 5) is 0. The second-order valence-electron chi connectivity index (χ2n) is 6.54. The number of anilines is 1. The number of ether oxygens (including phenoxy) is 1. The van der Waals surface area contributed by atoms with Crippen LogP contribution in [0.25, 0.3) is 0 Å². The molecule has 0 fully saturated rings. The van der Waals surface area contributed by atoms with E-state index in [1.165, 1.54) is 16.7 Å². The number of nitrogen functional groups attached to an aromatic ring is 1. The lowest BCUT2D eigenvalue weighted by Crippen LogP contribution is -2.10. The summed E-state index contributed by atoms with van der Waals surface area (Å²) < 4.78 is 6.27. The number of hydrogen-bond donors (Lipinski definition) is 1. The molecule has 0 bridgehead atoms. The fourth-order valence-corrected chi connectivity index (χ4v) is 2.72. The number of para-hydroxylation sites is 2. The van der Waals surface area contributed by atoms with Crippen molar-refractivity contribution in [2.75, 3.05) is 5.73 Å². The molecule has 0 spiro atoms. The molecule has 118 valence electrons. The van der Waals surface area contributed by atoms with Crippen molar-refractivity contribution in [3.05, 3.63) is 59.2 Å². The molecule has 2 nitrogen and oxygen atoms in total. The second-order valence-corrected chi connectivity index (χ2v) is 6.54. The van der Waals surface area contributed by atoms with E-state index < -0.39 is 0 Å². The van der Waals surface area contributed by atoms with E-state index in [0.717, 1.165) is 18.6 Å². The quantitative estimate of drug-likeness (QED) is 0.720. The zero-order valence-corrected chi connectivity index (χ0v) is 14.1. The maximum atomic E-state index is 6.27. The van der Waals surface area contributed by atoms with E-state index in [1.54, 1.807) is 0 Å². The van der Waals surface area contributed by atoms with Gasteiger partial charge in [0.1, 0.15) is 11.9 Å². The number of hydrogen-bond acceptors (Lipinski definition) is 2. The van der Waals surface area contributed by atoms with E-state index in [2.05, 4.69) is 45.9 Å². The van der Waals surface area contributed by atoms with Gasteiger partial charge >= 0.3 is 0 Å². The first kappa shape index (κ1) is 16.4. The fraction of sp³-hybridized carbons (Fsp3) is 0.400. The Labute approximate surface area is 134 Å². The topological polar surface area (TPSA) is 35.2 Å². The molecule has 2 heteroatoms. The molecule has 2 aromatic rings. The molecule has 2 rings (SSSR count). The third kappa shape index (κ3) is 4.52. The number of aryl methyl sites for hydroxylation is 2. The molecule has 0 aliphatic heterocycles. The molecule has 1 unspecified atom stereocenters. The summed E-state index contributed by atoms with van der Waals surface area (Å²) in [6.07, 6.45) is 2.17. The molecular weight excluding hydrogens is 270 g/mol. The van der Waals surface area contributed by atoms with Crippen molar-refractivity contribution in [3.8, 4) is 5.75 Å². The van der Waals surface area contributed by atoms with Gasteiger partial charge in [0.25, 0.3) is 0 Å². The van der Waals surface area contributed by atoms with Crippen molar-refractivity contribution in [2.45, 2.75) is 46.6 Å². The molecule has 0 saturated carbocycles. The Balaban J connectivity index is 2.27. The summed E-state index contributed by atoms with van der Waals surface area (Å²) in [5, 5.41) is 0. The maximum absolute atomic E-state index is 6.27. The maximum Gasteiger partial charge on any atom is 0.143 e. The fourth-order valence-electron chi connectivity index (χ4n) is 2.72. The Morgan fingerprint density at radius 3 is 2.18 bits per heavy atom. The minimum Gasteiger partial charge on any atom is -0.484 e. The lowest BCUT2D eigenvalue weighted by molar-refractivity contribution is 0.187. The third-order valence-electron chi connectivity index (χ3n) is 3.81. The molecule has 1 atom stereocenters. The minimum atomic E-state index is 0.0469. The normalized spacial score (nSPS) is 12.4. The van der Waals surface area contributed by atoms with Gasteiger partial charge in [0.05, 0.1) is 5.69 Å². The largest absolute Gasteiger partial charge is 0.484 e. The van der Waals surface area contributed by atoms with E-state index in [9.17, 15) is 0 Å². The van der Waals surface area contributed by atoms with E-state index in [1.807, 2.05) is 24.3 Å². The molecule has 0 saturated heterocycles. The van der Waals surface area contributed by atoms with E-state index in [-0.39, 0.29) is 6.10 Å². The minimum absolute atomic E-state index is 0.0469. The first-order valence-electron chi connectivity index (χ1n) is 8.05. The first-order chi connectivity index (χ1) is 10.5. The van der Waals surface area contributed by atoms with Crippen LogP contribution in [0.15, 0.2) is 42.5 Å². The van der Waals surface area contributed by atoms with Crippen LogP contribution in [0.1, 0.15) is 49.5 Å². The van der Waals surface area contributed by atoms with Crippen LogP contribution in [0.5, 0.6) is 5.75 Å². The Hall–Kier alpha value is -1.96. The SMILES string of the molecule is Cc1cc(C)cc(C(CCC(C)C)Oc2ccccc2N)c1. The van der Waals surface area contributed by atoms with Crippen molar-refractivity contribution in [1.29, 1.82) is 0 Å². The van der Waals surface area contributed by atoms with Crippen LogP contribution in [-0.2, 0) is 0 Å². The van der Waals surface area contributed by atoms with Crippen molar-refractivity contribution in [3.63, 3.8) is 0 Å². The van der Waals surface area contributed by atoms with Gasteiger partial charge in [0.15, 0.2) is 0 Å². The van der Waals surface area contributed by atoms with Crippen LogP contribution in [0.3, 0.4) is 0 Å². The average Bonchev–Trinajstić information content (AvgIpc) is 2.44. The summed E-state index contributed by atoms with van der Waals surface area (Å²) in [5.41, 5.74) is 10.5. The molecule has 0 amide bonds. The molecule has 0 aliphatic rings. The zero-order chi connectivity index (χ0) is 16.1. The highest BCUT2D eigenvalue weighted by atomic mass is 16.5. The average molecular weight is 297 g/mol. The van der Waals surface area contributed by atoms with Gasteiger partial charge in [0, 0.05) is 0 Å². The second kappa shape index (κ2) is 7.35. The summed E-state index contributed by atoms with van der Waals surface area (Å²) >= 11 is 0. The van der Waals surface area contributed by atoms with Crippen molar-refractivity contribution < 1.29 is 4.74 Å². The summed E-state index contributed by atoms with van der Waals surface area (Å²) in [6, 6.07) is 14.4. The van der Waals surface area contributed by atoms with Gasteiger partial charge in [-0.2, -0.15) is 0 Å². The highest BCUT2D eigenvalue weighted by Gasteiger charge is 2.16. The Bertz CT molecular complexity index is 599. The van der Waals surface area contributed by atoms with Crippen LogP contribution in [0, 0.1) is 19.8 Å².